The molecule has 130 valence electrons. The Bertz CT molecular complexity index is 1060. The highest BCUT2D eigenvalue weighted by Crippen LogP contribution is 2.48. The third-order valence-corrected chi connectivity index (χ3v) is 5.07. The second-order valence-corrected chi connectivity index (χ2v) is 6.84. The first-order valence-electron chi connectivity index (χ1n) is 8.24. The highest BCUT2D eigenvalue weighted by Gasteiger charge is 2.47. The fourth-order valence-electron chi connectivity index (χ4n) is 3.28. The molecule has 1 atom stereocenters. The molecule has 2 aromatic rings. The van der Waals surface area contributed by atoms with Crippen molar-refractivity contribution in [3.8, 4) is 18.2 Å². The predicted molar refractivity (Wildman–Crippen MR) is 104 cm³/mol. The summed E-state index contributed by atoms with van der Waals surface area (Å²) in [5.41, 5.74) is 7.93. The van der Waals surface area contributed by atoms with Crippen LogP contribution in [0.2, 0.25) is 5.02 Å². The summed E-state index contributed by atoms with van der Waals surface area (Å²) >= 11 is 5.97. The molecule has 0 saturated carbocycles. The van der Waals surface area contributed by atoms with Gasteiger partial charge in [-0.05, 0) is 35.8 Å². The fraction of sp³-hybridized carbons (Fsp3) is 0.136. The van der Waals surface area contributed by atoms with Crippen molar-refractivity contribution in [3.63, 3.8) is 0 Å². The standard InChI is InChI=1S/C22H15ClN4/c1-14-2-4-16(5-3-14)20-10-18(15-6-8-17(23)9-7-15)19(11-24)21(27)22(20,12-25)13-26/h2-10,20H,27H2,1H3. The number of nitrogens with zero attached hydrogens (tertiary/aromatic N) is 3. The largest absolute Gasteiger partial charge is 0.399 e. The van der Waals surface area contributed by atoms with E-state index >= 15 is 0 Å². The molecule has 2 N–H and O–H groups in total. The average molecular weight is 371 g/mol. The minimum Gasteiger partial charge on any atom is -0.399 e. The van der Waals surface area contributed by atoms with Crippen molar-refractivity contribution < 1.29 is 0 Å². The zero-order valence-electron chi connectivity index (χ0n) is 14.6. The van der Waals surface area contributed by atoms with Crippen molar-refractivity contribution in [1.29, 1.82) is 15.8 Å². The summed E-state index contributed by atoms with van der Waals surface area (Å²) in [7, 11) is 0. The van der Waals surface area contributed by atoms with Crippen LogP contribution in [0.25, 0.3) is 5.57 Å². The number of aryl methyl sites for hydroxylation is 1. The van der Waals surface area contributed by atoms with Gasteiger partial charge in [-0.15, -0.1) is 0 Å². The Morgan fingerprint density at radius 2 is 1.56 bits per heavy atom. The zero-order valence-corrected chi connectivity index (χ0v) is 15.3. The molecule has 0 saturated heterocycles. The Morgan fingerprint density at radius 3 is 2.07 bits per heavy atom. The number of rotatable bonds is 2. The molecule has 1 aliphatic carbocycles. The lowest BCUT2D eigenvalue weighted by Crippen LogP contribution is -2.35. The SMILES string of the molecule is Cc1ccc(C2C=C(c3ccc(Cl)cc3)C(C#N)=C(N)C2(C#N)C#N)cc1. The fourth-order valence-corrected chi connectivity index (χ4v) is 3.41. The molecule has 5 heteroatoms. The van der Waals surface area contributed by atoms with Crippen LogP contribution in [0.3, 0.4) is 0 Å². The summed E-state index contributed by atoms with van der Waals surface area (Å²) in [6, 6.07) is 20.8. The van der Waals surface area contributed by atoms with E-state index in [-0.39, 0.29) is 11.3 Å². The van der Waals surface area contributed by atoms with E-state index in [0.29, 0.717) is 10.6 Å². The van der Waals surface area contributed by atoms with Crippen molar-refractivity contribution in [3.05, 3.63) is 87.6 Å². The van der Waals surface area contributed by atoms with E-state index in [1.165, 1.54) is 0 Å². The van der Waals surface area contributed by atoms with E-state index in [1.54, 1.807) is 30.3 Å². The minimum absolute atomic E-state index is 0.0203. The third-order valence-electron chi connectivity index (χ3n) is 4.82. The molecule has 2 aromatic carbocycles. The van der Waals surface area contributed by atoms with Crippen molar-refractivity contribution in [2.24, 2.45) is 11.1 Å². The summed E-state index contributed by atoms with van der Waals surface area (Å²) < 4.78 is 0. The van der Waals surface area contributed by atoms with Gasteiger partial charge in [0.25, 0.3) is 0 Å². The van der Waals surface area contributed by atoms with E-state index in [1.807, 2.05) is 31.2 Å². The van der Waals surface area contributed by atoms with Crippen LogP contribution in [-0.4, -0.2) is 0 Å². The van der Waals surface area contributed by atoms with Crippen LogP contribution in [0.1, 0.15) is 22.6 Å². The monoisotopic (exact) mass is 370 g/mol. The first kappa shape index (κ1) is 18.3. The molecule has 1 aliphatic rings. The van der Waals surface area contributed by atoms with Gasteiger partial charge in [0.1, 0.15) is 6.07 Å². The maximum Gasteiger partial charge on any atom is 0.194 e. The molecule has 0 bridgehead atoms. The number of hydrogen-bond donors (Lipinski definition) is 1. The van der Waals surface area contributed by atoms with Gasteiger partial charge in [-0.1, -0.05) is 59.6 Å². The summed E-state index contributed by atoms with van der Waals surface area (Å²) in [5, 5.41) is 30.0. The molecule has 27 heavy (non-hydrogen) atoms. The molecule has 1 unspecified atom stereocenters. The molecule has 0 spiro atoms. The Hall–Kier alpha value is -3.52. The zero-order chi connectivity index (χ0) is 19.6. The van der Waals surface area contributed by atoms with Gasteiger partial charge in [-0.3, -0.25) is 0 Å². The maximum absolute atomic E-state index is 9.86. The second kappa shape index (κ2) is 7.00. The van der Waals surface area contributed by atoms with E-state index in [2.05, 4.69) is 18.2 Å². The number of allylic oxidation sites excluding steroid dienone is 4. The van der Waals surface area contributed by atoms with Crippen molar-refractivity contribution >= 4 is 17.2 Å². The predicted octanol–water partition coefficient (Wildman–Crippen LogP) is 4.60. The molecule has 0 heterocycles. The third kappa shape index (κ3) is 2.96. The van der Waals surface area contributed by atoms with Crippen LogP contribution in [0, 0.1) is 46.3 Å². The summed E-state index contributed by atoms with van der Waals surface area (Å²) in [5.74, 6) is -0.601. The van der Waals surface area contributed by atoms with Crippen molar-refractivity contribution in [2.75, 3.05) is 0 Å². The first-order valence-corrected chi connectivity index (χ1v) is 8.62. The van der Waals surface area contributed by atoms with E-state index in [9.17, 15) is 15.8 Å². The first-order chi connectivity index (χ1) is 13.0. The summed E-state index contributed by atoms with van der Waals surface area (Å²) in [6.07, 6.45) is 1.79. The minimum atomic E-state index is -1.64. The molecule has 3 rings (SSSR count). The Labute approximate surface area is 163 Å². The van der Waals surface area contributed by atoms with E-state index < -0.39 is 11.3 Å². The second-order valence-electron chi connectivity index (χ2n) is 6.41. The lowest BCUT2D eigenvalue weighted by Gasteiger charge is -2.33. The van der Waals surface area contributed by atoms with Crippen LogP contribution >= 0.6 is 11.6 Å². The van der Waals surface area contributed by atoms with E-state index in [4.69, 9.17) is 17.3 Å². The molecule has 0 radical (unpaired) electrons. The van der Waals surface area contributed by atoms with E-state index in [0.717, 1.165) is 16.7 Å². The van der Waals surface area contributed by atoms with Gasteiger partial charge < -0.3 is 5.73 Å². The lowest BCUT2D eigenvalue weighted by molar-refractivity contribution is 0.534. The number of benzene rings is 2. The van der Waals surface area contributed by atoms with Crippen LogP contribution in [0.15, 0.2) is 65.9 Å². The number of nitrogens with two attached hydrogens (primary N) is 1. The van der Waals surface area contributed by atoms with Crippen LogP contribution in [-0.2, 0) is 0 Å². The summed E-state index contributed by atoms with van der Waals surface area (Å²) in [6.45, 7) is 1.96. The number of nitriles is 3. The van der Waals surface area contributed by atoms with Gasteiger partial charge in [-0.25, -0.2) is 0 Å². The summed E-state index contributed by atoms with van der Waals surface area (Å²) in [4.78, 5) is 0. The maximum atomic E-state index is 9.86. The molecule has 4 nitrogen and oxygen atoms in total. The van der Waals surface area contributed by atoms with Crippen molar-refractivity contribution in [2.45, 2.75) is 12.8 Å². The van der Waals surface area contributed by atoms with Gasteiger partial charge in [0.2, 0.25) is 0 Å². The Balaban J connectivity index is 2.29. The average Bonchev–Trinajstić information content (AvgIpc) is 2.69. The highest BCUT2D eigenvalue weighted by atomic mass is 35.5. The van der Waals surface area contributed by atoms with Gasteiger partial charge >= 0.3 is 0 Å². The molecular formula is C22H15ClN4. The van der Waals surface area contributed by atoms with Crippen LogP contribution in [0.4, 0.5) is 0 Å². The molecular weight excluding hydrogens is 356 g/mol. The lowest BCUT2D eigenvalue weighted by atomic mass is 9.65. The highest BCUT2D eigenvalue weighted by molar-refractivity contribution is 6.30. The quantitative estimate of drug-likeness (QED) is 0.835. The number of hydrogen-bond acceptors (Lipinski definition) is 4. The molecule has 0 aromatic heterocycles. The van der Waals surface area contributed by atoms with Gasteiger partial charge in [0, 0.05) is 10.9 Å². The smallest absolute Gasteiger partial charge is 0.194 e. The molecule has 0 amide bonds. The Morgan fingerprint density at radius 1 is 0.963 bits per heavy atom. The number of halogens is 1. The van der Waals surface area contributed by atoms with Gasteiger partial charge in [-0.2, -0.15) is 15.8 Å². The van der Waals surface area contributed by atoms with Crippen LogP contribution in [0.5, 0.6) is 0 Å². The Kier molecular flexibility index (Phi) is 4.74. The van der Waals surface area contributed by atoms with Crippen molar-refractivity contribution in [1.82, 2.24) is 0 Å². The van der Waals surface area contributed by atoms with Crippen LogP contribution < -0.4 is 5.73 Å². The molecule has 0 fully saturated rings. The van der Waals surface area contributed by atoms with Gasteiger partial charge in [0.15, 0.2) is 5.41 Å². The normalized spacial score (nSPS) is 18.0. The van der Waals surface area contributed by atoms with Gasteiger partial charge in [0.05, 0.1) is 23.4 Å². The molecule has 0 aliphatic heterocycles. The topological polar surface area (TPSA) is 97.4 Å².